The van der Waals surface area contributed by atoms with E-state index in [-0.39, 0.29) is 0 Å². The van der Waals surface area contributed by atoms with Crippen molar-refractivity contribution in [2.24, 2.45) is 0 Å². The molecule has 0 saturated heterocycles. The van der Waals surface area contributed by atoms with Crippen molar-refractivity contribution in [2.75, 3.05) is 18.2 Å². The molecule has 0 aliphatic heterocycles. The van der Waals surface area contributed by atoms with Gasteiger partial charge in [0, 0.05) is 10.6 Å². The normalized spacial score (nSPS) is 14.2. The minimum Gasteiger partial charge on any atom is -0.465 e. The summed E-state index contributed by atoms with van der Waals surface area (Å²) in [5, 5.41) is 3.26. The van der Waals surface area contributed by atoms with Crippen LogP contribution in [0.4, 0.5) is 10.7 Å². The molecular formula is C22H26N2O5S. The van der Waals surface area contributed by atoms with Gasteiger partial charge in [-0.1, -0.05) is 13.3 Å². The number of nitrogens with two attached hydrogens (primary N) is 1. The van der Waals surface area contributed by atoms with Crippen LogP contribution in [0, 0.1) is 0 Å². The number of fused-ring (bicyclic) bond motifs is 1. The maximum atomic E-state index is 12.9. The van der Waals surface area contributed by atoms with Gasteiger partial charge >= 0.3 is 11.9 Å². The van der Waals surface area contributed by atoms with Crippen LogP contribution in [0.25, 0.3) is 0 Å². The molecule has 1 aliphatic carbocycles. The number of aryl methyl sites for hydroxylation is 1. The molecule has 0 spiro atoms. The average molecular weight is 431 g/mol. The molecule has 1 aliphatic rings. The number of carbonyl (C=O) groups is 3. The van der Waals surface area contributed by atoms with E-state index in [0.29, 0.717) is 28.2 Å². The van der Waals surface area contributed by atoms with Crippen LogP contribution in [0.3, 0.4) is 0 Å². The number of ether oxygens (including phenoxy) is 2. The number of thiophene rings is 1. The summed E-state index contributed by atoms with van der Waals surface area (Å²) in [6.07, 6.45) is 4.14. The molecule has 3 rings (SSSR count). The summed E-state index contributed by atoms with van der Waals surface area (Å²) in [6, 6.07) is 6.29. The van der Waals surface area contributed by atoms with E-state index in [1.54, 1.807) is 31.2 Å². The number of carbonyl (C=O) groups excluding carboxylic acids is 3. The maximum Gasteiger partial charge on any atom is 0.341 e. The highest BCUT2D eigenvalue weighted by Gasteiger charge is 2.29. The predicted octanol–water partition coefficient (Wildman–Crippen LogP) is 3.96. The minimum absolute atomic E-state index is 0.297. The van der Waals surface area contributed by atoms with Crippen LogP contribution in [0.2, 0.25) is 0 Å². The predicted molar refractivity (Wildman–Crippen MR) is 116 cm³/mol. The second-order valence-electron chi connectivity index (χ2n) is 7.17. The van der Waals surface area contributed by atoms with Crippen molar-refractivity contribution in [2.45, 2.75) is 51.6 Å². The quantitative estimate of drug-likeness (QED) is 0.408. The van der Waals surface area contributed by atoms with Gasteiger partial charge in [0.1, 0.15) is 5.00 Å². The monoisotopic (exact) mass is 430 g/mol. The smallest absolute Gasteiger partial charge is 0.341 e. The molecular weight excluding hydrogens is 404 g/mol. The van der Waals surface area contributed by atoms with E-state index >= 15 is 0 Å². The molecule has 0 bridgehead atoms. The SMILES string of the molecule is CCC(OC(=O)c1ccc(N)cc1)C(=O)Nc1sc2c(c1C(=O)OC)CCCCC2. The minimum atomic E-state index is -0.984. The third-order valence-corrected chi connectivity index (χ3v) is 6.31. The summed E-state index contributed by atoms with van der Waals surface area (Å²) >= 11 is 1.40. The van der Waals surface area contributed by atoms with Crippen molar-refractivity contribution in [3.05, 3.63) is 45.8 Å². The highest BCUT2D eigenvalue weighted by atomic mass is 32.1. The van der Waals surface area contributed by atoms with Crippen molar-refractivity contribution in [1.82, 2.24) is 0 Å². The number of anilines is 2. The summed E-state index contributed by atoms with van der Waals surface area (Å²) in [5.74, 6) is -1.54. The van der Waals surface area contributed by atoms with Gasteiger partial charge in [0.2, 0.25) is 0 Å². The zero-order valence-electron chi connectivity index (χ0n) is 17.2. The Morgan fingerprint density at radius 3 is 2.47 bits per heavy atom. The standard InChI is InChI=1S/C22H26N2O5S/c1-3-16(29-21(26)13-9-11-14(23)12-10-13)19(25)24-20-18(22(27)28-2)15-7-5-4-6-8-17(15)30-20/h9-12,16H,3-8,23H2,1-2H3,(H,24,25). The first-order chi connectivity index (χ1) is 14.4. The van der Waals surface area contributed by atoms with Crippen LogP contribution in [0.1, 0.15) is 63.8 Å². The fourth-order valence-electron chi connectivity index (χ4n) is 3.48. The lowest BCUT2D eigenvalue weighted by atomic mass is 10.1. The number of hydrogen-bond donors (Lipinski definition) is 2. The largest absolute Gasteiger partial charge is 0.465 e. The Morgan fingerprint density at radius 2 is 1.80 bits per heavy atom. The number of amides is 1. The molecule has 1 unspecified atom stereocenters. The molecule has 3 N–H and O–H groups in total. The van der Waals surface area contributed by atoms with Crippen LogP contribution >= 0.6 is 11.3 Å². The first-order valence-electron chi connectivity index (χ1n) is 10.0. The van der Waals surface area contributed by atoms with Crippen molar-refractivity contribution in [3.8, 4) is 0 Å². The number of methoxy groups -OCH3 is 1. The van der Waals surface area contributed by atoms with Gasteiger partial charge in [-0.25, -0.2) is 9.59 Å². The number of nitrogen functional groups attached to an aromatic ring is 1. The van der Waals surface area contributed by atoms with Gasteiger partial charge in [-0.2, -0.15) is 0 Å². The Kier molecular flexibility index (Phi) is 7.10. The van der Waals surface area contributed by atoms with Crippen molar-refractivity contribution >= 4 is 39.9 Å². The lowest BCUT2D eigenvalue weighted by molar-refractivity contribution is -0.124. The van der Waals surface area contributed by atoms with E-state index in [0.717, 1.165) is 42.5 Å². The molecule has 2 aromatic rings. The van der Waals surface area contributed by atoms with E-state index in [9.17, 15) is 14.4 Å². The van der Waals surface area contributed by atoms with Gasteiger partial charge in [0.15, 0.2) is 6.10 Å². The summed E-state index contributed by atoms with van der Waals surface area (Å²) in [7, 11) is 1.33. The third-order valence-electron chi connectivity index (χ3n) is 5.11. The molecule has 1 aromatic carbocycles. The molecule has 0 saturated carbocycles. The van der Waals surface area contributed by atoms with Crippen LogP contribution in [-0.4, -0.2) is 31.1 Å². The van der Waals surface area contributed by atoms with Crippen molar-refractivity contribution in [3.63, 3.8) is 0 Å². The Morgan fingerprint density at radius 1 is 1.10 bits per heavy atom. The molecule has 1 aromatic heterocycles. The zero-order chi connectivity index (χ0) is 21.7. The summed E-state index contributed by atoms with van der Waals surface area (Å²) in [4.78, 5) is 38.8. The van der Waals surface area contributed by atoms with Crippen LogP contribution < -0.4 is 11.1 Å². The fraction of sp³-hybridized carbons (Fsp3) is 0.409. The molecule has 1 atom stereocenters. The Balaban J connectivity index is 1.78. The average Bonchev–Trinajstić information content (AvgIpc) is 2.91. The van der Waals surface area contributed by atoms with Gasteiger partial charge in [-0.15, -0.1) is 11.3 Å². The lowest BCUT2D eigenvalue weighted by Gasteiger charge is -2.16. The number of nitrogens with one attached hydrogen (secondary N) is 1. The number of esters is 2. The Labute approximate surface area is 179 Å². The molecule has 0 radical (unpaired) electrons. The zero-order valence-corrected chi connectivity index (χ0v) is 18.0. The van der Waals surface area contributed by atoms with Gasteiger partial charge in [0.25, 0.3) is 5.91 Å². The first kappa shape index (κ1) is 21.8. The van der Waals surface area contributed by atoms with Crippen LogP contribution in [0.5, 0.6) is 0 Å². The second-order valence-corrected chi connectivity index (χ2v) is 8.28. The summed E-state index contributed by atoms with van der Waals surface area (Å²) in [6.45, 7) is 1.76. The fourth-order valence-corrected chi connectivity index (χ4v) is 4.76. The molecule has 8 heteroatoms. The molecule has 30 heavy (non-hydrogen) atoms. The van der Waals surface area contributed by atoms with Crippen molar-refractivity contribution < 1.29 is 23.9 Å². The Bertz CT molecular complexity index is 936. The van der Waals surface area contributed by atoms with E-state index in [1.165, 1.54) is 18.4 Å². The lowest BCUT2D eigenvalue weighted by Crippen LogP contribution is -2.32. The second kappa shape index (κ2) is 9.75. The van der Waals surface area contributed by atoms with Gasteiger partial charge in [-0.3, -0.25) is 4.79 Å². The summed E-state index contributed by atoms with van der Waals surface area (Å²) < 4.78 is 10.4. The maximum absolute atomic E-state index is 12.9. The summed E-state index contributed by atoms with van der Waals surface area (Å²) in [5.41, 5.74) is 7.87. The first-order valence-corrected chi connectivity index (χ1v) is 10.9. The number of benzene rings is 1. The highest BCUT2D eigenvalue weighted by Crippen LogP contribution is 2.38. The molecule has 0 fully saturated rings. The third kappa shape index (κ3) is 4.81. The van der Waals surface area contributed by atoms with E-state index < -0.39 is 23.9 Å². The topological polar surface area (TPSA) is 108 Å². The van der Waals surface area contributed by atoms with E-state index in [4.69, 9.17) is 15.2 Å². The van der Waals surface area contributed by atoms with E-state index in [1.807, 2.05) is 0 Å². The van der Waals surface area contributed by atoms with Gasteiger partial charge in [0.05, 0.1) is 18.2 Å². The highest BCUT2D eigenvalue weighted by molar-refractivity contribution is 7.17. The van der Waals surface area contributed by atoms with Crippen LogP contribution in [0.15, 0.2) is 24.3 Å². The van der Waals surface area contributed by atoms with Gasteiger partial charge < -0.3 is 20.5 Å². The van der Waals surface area contributed by atoms with Gasteiger partial charge in [-0.05, 0) is 61.9 Å². The van der Waals surface area contributed by atoms with Crippen molar-refractivity contribution in [1.29, 1.82) is 0 Å². The van der Waals surface area contributed by atoms with E-state index in [2.05, 4.69) is 5.32 Å². The molecule has 7 nitrogen and oxygen atoms in total. The number of rotatable bonds is 6. The van der Waals surface area contributed by atoms with Crippen LogP contribution in [-0.2, 0) is 27.1 Å². The molecule has 1 amide bonds. The molecule has 1 heterocycles. The molecule has 160 valence electrons. The number of hydrogen-bond acceptors (Lipinski definition) is 7. The Hall–Kier alpha value is -2.87.